The molecule has 0 aliphatic carbocycles. The first kappa shape index (κ1) is 11.0. The first-order chi connectivity index (χ1) is 8.74. The third-order valence-electron chi connectivity index (χ3n) is 2.64. The zero-order valence-electron chi connectivity index (χ0n) is 9.46. The molecule has 3 rings (SSSR count). The molecule has 0 radical (unpaired) electrons. The molecule has 1 atom stereocenters. The summed E-state index contributed by atoms with van der Waals surface area (Å²) < 4.78 is 12.3. The van der Waals surface area contributed by atoms with Crippen LogP contribution in [0.2, 0.25) is 0 Å². The molecule has 18 heavy (non-hydrogen) atoms. The molecule has 2 aromatic carbocycles. The third-order valence-corrected chi connectivity index (χ3v) is 4.03. The van der Waals surface area contributed by atoms with Crippen molar-refractivity contribution in [2.45, 2.75) is 9.79 Å². The van der Waals surface area contributed by atoms with Gasteiger partial charge in [0.25, 0.3) is 0 Å². The normalized spacial score (nSPS) is 12.7. The van der Waals surface area contributed by atoms with Crippen LogP contribution in [0.25, 0.3) is 11.0 Å². The highest BCUT2D eigenvalue weighted by Gasteiger charge is 2.08. The summed E-state index contributed by atoms with van der Waals surface area (Å²) in [5.41, 5.74) is 7.16. The molecule has 1 unspecified atom stereocenters. The number of nitrogens with zero attached hydrogens (tertiary/aromatic N) is 1. The van der Waals surface area contributed by atoms with Crippen LogP contribution in [0.4, 0.5) is 5.95 Å². The molecule has 3 N–H and O–H groups in total. The molecular weight excluding hydrogens is 246 g/mol. The minimum atomic E-state index is -1.18. The fraction of sp³-hybridized carbons (Fsp3) is 0. The van der Waals surface area contributed by atoms with E-state index in [0.717, 1.165) is 20.8 Å². The molecule has 0 aliphatic rings. The summed E-state index contributed by atoms with van der Waals surface area (Å²) >= 11 is 0. The van der Waals surface area contributed by atoms with E-state index in [1.54, 1.807) is 0 Å². The number of aromatic amines is 1. The molecule has 0 aliphatic heterocycles. The Morgan fingerprint density at radius 3 is 2.61 bits per heavy atom. The smallest absolute Gasteiger partial charge is 0.198 e. The summed E-state index contributed by atoms with van der Waals surface area (Å²) in [6, 6.07) is 14.8. The topological polar surface area (TPSA) is 71.8 Å². The highest BCUT2D eigenvalue weighted by atomic mass is 32.2. The van der Waals surface area contributed by atoms with E-state index in [-0.39, 0.29) is 0 Å². The Hall–Kier alpha value is -2.14. The number of imidazole rings is 1. The van der Waals surface area contributed by atoms with E-state index in [2.05, 4.69) is 9.97 Å². The van der Waals surface area contributed by atoms with E-state index >= 15 is 0 Å². The molecule has 0 spiro atoms. The molecule has 1 aromatic heterocycles. The number of fused-ring (bicyclic) bond motifs is 1. The van der Waals surface area contributed by atoms with Crippen molar-refractivity contribution in [1.29, 1.82) is 0 Å². The zero-order chi connectivity index (χ0) is 12.5. The van der Waals surface area contributed by atoms with Gasteiger partial charge in [0, 0.05) is 9.79 Å². The lowest BCUT2D eigenvalue weighted by molar-refractivity contribution is 0.683. The summed E-state index contributed by atoms with van der Waals surface area (Å²) in [6.07, 6.45) is 0. The number of aromatic nitrogens is 2. The summed E-state index contributed by atoms with van der Waals surface area (Å²) in [6.45, 7) is 0. The average Bonchev–Trinajstić information content (AvgIpc) is 2.78. The van der Waals surface area contributed by atoms with Crippen molar-refractivity contribution in [1.82, 2.24) is 9.97 Å². The molecule has 0 amide bonds. The largest absolute Gasteiger partial charge is 0.369 e. The fourth-order valence-corrected chi connectivity index (χ4v) is 2.90. The van der Waals surface area contributed by atoms with Crippen molar-refractivity contribution in [3.05, 3.63) is 48.5 Å². The molecule has 0 fully saturated rings. The van der Waals surface area contributed by atoms with Gasteiger partial charge in [-0.05, 0) is 30.3 Å². The Bertz CT molecular complexity index is 721. The lowest BCUT2D eigenvalue weighted by Crippen LogP contribution is -1.92. The van der Waals surface area contributed by atoms with Crippen LogP contribution in [-0.4, -0.2) is 14.2 Å². The molecule has 0 saturated heterocycles. The van der Waals surface area contributed by atoms with E-state index < -0.39 is 10.8 Å². The van der Waals surface area contributed by atoms with E-state index in [1.807, 2.05) is 48.5 Å². The second-order valence-electron chi connectivity index (χ2n) is 3.88. The van der Waals surface area contributed by atoms with Crippen molar-refractivity contribution < 1.29 is 4.21 Å². The fourth-order valence-electron chi connectivity index (χ4n) is 1.80. The maximum absolute atomic E-state index is 12.3. The quantitative estimate of drug-likeness (QED) is 0.740. The molecule has 5 heteroatoms. The molecule has 1 heterocycles. The van der Waals surface area contributed by atoms with Gasteiger partial charge in [0.05, 0.1) is 21.8 Å². The van der Waals surface area contributed by atoms with Crippen molar-refractivity contribution >= 4 is 27.8 Å². The van der Waals surface area contributed by atoms with Gasteiger partial charge >= 0.3 is 0 Å². The SMILES string of the molecule is Nc1nc2ccc(S(=O)c3ccccc3)cc2[nH]1. The second-order valence-corrected chi connectivity index (χ2v) is 5.36. The predicted octanol–water partition coefficient (Wildman–Crippen LogP) is 2.31. The first-order valence-corrected chi connectivity index (χ1v) is 6.61. The van der Waals surface area contributed by atoms with Crippen molar-refractivity contribution in [3.63, 3.8) is 0 Å². The Balaban J connectivity index is 2.06. The standard InChI is InChI=1S/C13H11N3OS/c14-13-15-11-7-6-10(8-12(11)16-13)18(17)9-4-2-1-3-5-9/h1-8H,(H3,14,15,16). The van der Waals surface area contributed by atoms with Crippen LogP contribution in [0, 0.1) is 0 Å². The van der Waals surface area contributed by atoms with Gasteiger partial charge in [0.2, 0.25) is 0 Å². The zero-order valence-corrected chi connectivity index (χ0v) is 10.3. The number of hydrogen-bond acceptors (Lipinski definition) is 3. The maximum atomic E-state index is 12.3. The van der Waals surface area contributed by atoms with E-state index in [0.29, 0.717) is 5.95 Å². The van der Waals surface area contributed by atoms with Crippen LogP contribution in [0.5, 0.6) is 0 Å². The van der Waals surface area contributed by atoms with Gasteiger partial charge in [0.1, 0.15) is 0 Å². The second kappa shape index (κ2) is 4.27. The summed E-state index contributed by atoms with van der Waals surface area (Å²) in [5.74, 6) is 0.368. The van der Waals surface area contributed by atoms with Gasteiger partial charge in [-0.3, -0.25) is 0 Å². The lowest BCUT2D eigenvalue weighted by Gasteiger charge is -2.01. The van der Waals surface area contributed by atoms with Crippen LogP contribution >= 0.6 is 0 Å². The van der Waals surface area contributed by atoms with E-state index in [9.17, 15) is 4.21 Å². The predicted molar refractivity (Wildman–Crippen MR) is 71.6 cm³/mol. The van der Waals surface area contributed by atoms with Gasteiger partial charge in [0.15, 0.2) is 5.95 Å². The van der Waals surface area contributed by atoms with Crippen LogP contribution < -0.4 is 5.73 Å². The van der Waals surface area contributed by atoms with Crippen LogP contribution in [0.1, 0.15) is 0 Å². The average molecular weight is 257 g/mol. The highest BCUT2D eigenvalue weighted by molar-refractivity contribution is 7.85. The molecule has 0 bridgehead atoms. The van der Waals surface area contributed by atoms with Gasteiger partial charge in [-0.25, -0.2) is 9.19 Å². The molecular formula is C13H11N3OS. The Kier molecular flexibility index (Phi) is 2.60. The summed E-state index contributed by atoms with van der Waals surface area (Å²) in [7, 11) is -1.18. The van der Waals surface area contributed by atoms with Crippen LogP contribution in [0.15, 0.2) is 58.3 Å². The minimum Gasteiger partial charge on any atom is -0.369 e. The van der Waals surface area contributed by atoms with E-state index in [1.165, 1.54) is 0 Å². The third kappa shape index (κ3) is 1.89. The van der Waals surface area contributed by atoms with Gasteiger partial charge < -0.3 is 10.7 Å². The Labute approximate surface area is 106 Å². The number of benzene rings is 2. The minimum absolute atomic E-state index is 0.368. The van der Waals surface area contributed by atoms with Crippen LogP contribution in [0.3, 0.4) is 0 Å². The summed E-state index contributed by atoms with van der Waals surface area (Å²) in [4.78, 5) is 8.56. The van der Waals surface area contributed by atoms with Gasteiger partial charge in [-0.2, -0.15) is 0 Å². The van der Waals surface area contributed by atoms with Crippen molar-refractivity contribution in [2.24, 2.45) is 0 Å². The maximum Gasteiger partial charge on any atom is 0.198 e. The monoisotopic (exact) mass is 257 g/mol. The molecule has 4 nitrogen and oxygen atoms in total. The number of anilines is 1. The van der Waals surface area contributed by atoms with Gasteiger partial charge in [-0.15, -0.1) is 0 Å². The Morgan fingerprint density at radius 2 is 1.83 bits per heavy atom. The molecule has 3 aromatic rings. The van der Waals surface area contributed by atoms with Gasteiger partial charge in [-0.1, -0.05) is 18.2 Å². The number of nitrogens with two attached hydrogens (primary N) is 1. The first-order valence-electron chi connectivity index (χ1n) is 5.46. The van der Waals surface area contributed by atoms with E-state index in [4.69, 9.17) is 5.73 Å². The number of hydrogen-bond donors (Lipinski definition) is 2. The molecule has 90 valence electrons. The number of nitrogen functional groups attached to an aromatic ring is 1. The van der Waals surface area contributed by atoms with Crippen molar-refractivity contribution in [3.8, 4) is 0 Å². The number of nitrogens with one attached hydrogen (secondary N) is 1. The summed E-state index contributed by atoms with van der Waals surface area (Å²) in [5, 5.41) is 0. The highest BCUT2D eigenvalue weighted by Crippen LogP contribution is 2.20. The van der Waals surface area contributed by atoms with Crippen LogP contribution in [-0.2, 0) is 10.8 Å². The van der Waals surface area contributed by atoms with Crippen molar-refractivity contribution in [2.75, 3.05) is 5.73 Å². The number of rotatable bonds is 2. The molecule has 0 saturated carbocycles. The number of H-pyrrole nitrogens is 1. The Morgan fingerprint density at radius 1 is 1.06 bits per heavy atom. The lowest BCUT2D eigenvalue weighted by atomic mass is 10.3.